The van der Waals surface area contributed by atoms with E-state index >= 15 is 0 Å². The number of alkyl halides is 3. The molecule has 1 aliphatic heterocycles. The van der Waals surface area contributed by atoms with Gasteiger partial charge in [0.05, 0.1) is 12.1 Å². The van der Waals surface area contributed by atoms with E-state index in [9.17, 15) is 28.2 Å². The second-order valence-corrected chi connectivity index (χ2v) is 4.06. The molecule has 1 aromatic heterocycles. The minimum atomic E-state index is -4.84. The molecule has 2 heterocycles. The number of aryl methyl sites for hydroxylation is 1. The number of aromatic nitrogens is 1. The number of carbonyl (C=O) groups is 1. The molecule has 1 saturated heterocycles. The molecule has 0 aromatic carbocycles. The number of halogens is 3. The summed E-state index contributed by atoms with van der Waals surface area (Å²) in [6.45, 7) is -3.38. The van der Waals surface area contributed by atoms with Gasteiger partial charge in [-0.05, 0) is 19.0 Å². The molecular weight excluding hydrogens is 265 g/mol. The van der Waals surface area contributed by atoms with Crippen molar-refractivity contribution in [1.82, 2.24) is 4.98 Å². The highest BCUT2D eigenvalue weighted by Gasteiger charge is 2.40. The van der Waals surface area contributed by atoms with Gasteiger partial charge >= 0.3 is 6.18 Å². The largest absolute Gasteiger partial charge is 0.416 e. The standard InChI is InChI=1S/C11H11F3N2O3/c1-5-2-6(11(12,13)14)3-8(15-5)16-4-7(17)9(18)10(16)19/h2-3,7,9,17-18H,4H2,1H3/i1D3. The second-order valence-electron chi connectivity index (χ2n) is 4.06. The van der Waals surface area contributed by atoms with Gasteiger partial charge in [-0.3, -0.25) is 9.69 Å². The van der Waals surface area contributed by atoms with Gasteiger partial charge in [-0.15, -0.1) is 0 Å². The molecule has 0 saturated carbocycles. The van der Waals surface area contributed by atoms with Gasteiger partial charge in [-0.1, -0.05) is 0 Å². The lowest BCUT2D eigenvalue weighted by Crippen LogP contribution is -2.30. The maximum atomic E-state index is 12.9. The van der Waals surface area contributed by atoms with E-state index in [1.54, 1.807) is 0 Å². The number of aliphatic hydroxyl groups is 2. The summed E-state index contributed by atoms with van der Waals surface area (Å²) in [5.41, 5.74) is -2.12. The Morgan fingerprint density at radius 3 is 2.63 bits per heavy atom. The van der Waals surface area contributed by atoms with Crippen LogP contribution in [0, 0.1) is 6.85 Å². The number of hydrogen-bond donors (Lipinski definition) is 2. The van der Waals surface area contributed by atoms with Crippen molar-refractivity contribution in [3.8, 4) is 0 Å². The summed E-state index contributed by atoms with van der Waals surface area (Å²) in [6, 6.07) is 0.877. The highest BCUT2D eigenvalue weighted by molar-refractivity contribution is 5.98. The number of amides is 1. The van der Waals surface area contributed by atoms with Crippen molar-refractivity contribution in [2.75, 3.05) is 11.4 Å². The summed E-state index contributed by atoms with van der Waals surface area (Å²) >= 11 is 0. The van der Waals surface area contributed by atoms with Crippen LogP contribution in [0.25, 0.3) is 0 Å². The van der Waals surface area contributed by atoms with Crippen LogP contribution in [-0.4, -0.2) is 39.9 Å². The predicted molar refractivity (Wildman–Crippen MR) is 58.3 cm³/mol. The Morgan fingerprint density at radius 2 is 2.16 bits per heavy atom. The van der Waals surface area contributed by atoms with E-state index in [1.807, 2.05) is 0 Å². The number of β-amino-alcohol motifs (C(OH)–C–C–N with tert-alkyl or cyclic N) is 1. The van der Waals surface area contributed by atoms with E-state index in [4.69, 9.17) is 4.11 Å². The van der Waals surface area contributed by atoms with Crippen molar-refractivity contribution >= 4 is 11.7 Å². The lowest BCUT2D eigenvalue weighted by molar-refractivity contribution is -0.137. The maximum absolute atomic E-state index is 12.9. The molecule has 19 heavy (non-hydrogen) atoms. The Balaban J connectivity index is 2.54. The van der Waals surface area contributed by atoms with Crippen LogP contribution in [0.2, 0.25) is 0 Å². The number of nitrogens with zero attached hydrogens (tertiary/aromatic N) is 2. The van der Waals surface area contributed by atoms with Crippen molar-refractivity contribution in [3.63, 3.8) is 0 Å². The molecule has 0 aliphatic carbocycles. The van der Waals surface area contributed by atoms with Crippen molar-refractivity contribution in [1.29, 1.82) is 0 Å². The topological polar surface area (TPSA) is 73.7 Å². The fraction of sp³-hybridized carbons (Fsp3) is 0.455. The Bertz CT molecular complexity index is 574. The van der Waals surface area contributed by atoms with E-state index in [1.165, 1.54) is 0 Å². The second kappa shape index (κ2) is 4.46. The zero-order valence-corrected chi connectivity index (χ0v) is 9.35. The van der Waals surface area contributed by atoms with Crippen LogP contribution in [0.4, 0.5) is 19.0 Å². The van der Waals surface area contributed by atoms with E-state index in [-0.39, 0.29) is 0 Å². The average molecular weight is 279 g/mol. The molecule has 2 unspecified atom stereocenters. The van der Waals surface area contributed by atoms with Crippen molar-refractivity contribution < 1.29 is 32.3 Å². The molecule has 0 bridgehead atoms. The number of carbonyl (C=O) groups excluding carboxylic acids is 1. The molecule has 1 fully saturated rings. The fourth-order valence-corrected chi connectivity index (χ4v) is 1.73. The molecule has 8 heteroatoms. The lowest BCUT2D eigenvalue weighted by Gasteiger charge is -2.17. The van der Waals surface area contributed by atoms with Gasteiger partial charge in [-0.25, -0.2) is 4.98 Å². The normalized spacial score (nSPS) is 27.1. The number of rotatable bonds is 1. The number of hydrogen-bond acceptors (Lipinski definition) is 4. The quantitative estimate of drug-likeness (QED) is 0.784. The van der Waals surface area contributed by atoms with Crippen molar-refractivity contribution in [2.45, 2.75) is 25.2 Å². The van der Waals surface area contributed by atoms with Gasteiger partial charge < -0.3 is 10.2 Å². The molecule has 2 rings (SSSR count). The third-order valence-corrected chi connectivity index (χ3v) is 2.67. The van der Waals surface area contributed by atoms with Gasteiger partial charge in [0.1, 0.15) is 11.9 Å². The van der Waals surface area contributed by atoms with Gasteiger partial charge in [0.2, 0.25) is 0 Å². The molecule has 1 aliphatic rings. The van der Waals surface area contributed by atoms with E-state index < -0.39 is 54.8 Å². The van der Waals surface area contributed by atoms with Gasteiger partial charge in [0, 0.05) is 9.81 Å². The van der Waals surface area contributed by atoms with Crippen molar-refractivity contribution in [3.05, 3.63) is 23.4 Å². The van der Waals surface area contributed by atoms with Crippen LogP contribution in [0.5, 0.6) is 0 Å². The Labute approximate surface area is 110 Å². The van der Waals surface area contributed by atoms with Crippen LogP contribution in [0.1, 0.15) is 15.4 Å². The number of anilines is 1. The minimum Gasteiger partial charge on any atom is -0.388 e. The summed E-state index contributed by atoms with van der Waals surface area (Å²) in [4.78, 5) is 15.9. The molecule has 2 N–H and O–H groups in total. The third kappa shape index (κ3) is 2.54. The van der Waals surface area contributed by atoms with Gasteiger partial charge in [0.25, 0.3) is 5.91 Å². The zero-order chi connectivity index (χ0) is 16.9. The molecular formula is C11H11F3N2O3. The molecule has 104 valence electrons. The summed E-state index contributed by atoms with van der Waals surface area (Å²) in [5.74, 6) is -1.63. The van der Waals surface area contributed by atoms with Crippen LogP contribution in [0.15, 0.2) is 12.1 Å². The van der Waals surface area contributed by atoms with E-state index in [0.29, 0.717) is 17.0 Å². The molecule has 2 atom stereocenters. The highest BCUT2D eigenvalue weighted by Crippen LogP contribution is 2.32. The summed E-state index contributed by atoms with van der Waals surface area (Å²) in [6.07, 6.45) is -8.11. The summed E-state index contributed by atoms with van der Waals surface area (Å²) in [7, 11) is 0. The van der Waals surface area contributed by atoms with Crippen LogP contribution < -0.4 is 4.90 Å². The monoisotopic (exact) mass is 279 g/mol. The molecule has 1 aromatic rings. The number of pyridine rings is 1. The Morgan fingerprint density at radius 1 is 1.47 bits per heavy atom. The maximum Gasteiger partial charge on any atom is 0.416 e. The Hall–Kier alpha value is -1.67. The minimum absolute atomic E-state index is 0.379. The van der Waals surface area contributed by atoms with Crippen LogP contribution in [0.3, 0.4) is 0 Å². The summed E-state index contributed by atoms with van der Waals surface area (Å²) < 4.78 is 60.1. The van der Waals surface area contributed by atoms with Crippen LogP contribution >= 0.6 is 0 Å². The first-order valence-corrected chi connectivity index (χ1v) is 5.18. The number of aliphatic hydroxyl groups excluding tert-OH is 2. The summed E-state index contributed by atoms with van der Waals surface area (Å²) in [5, 5.41) is 18.7. The highest BCUT2D eigenvalue weighted by atomic mass is 19.4. The Kier molecular flexibility index (Phi) is 2.38. The lowest BCUT2D eigenvalue weighted by atomic mass is 10.2. The van der Waals surface area contributed by atoms with E-state index in [2.05, 4.69) is 4.98 Å². The first-order valence-electron chi connectivity index (χ1n) is 6.68. The molecule has 0 radical (unpaired) electrons. The average Bonchev–Trinajstić information content (AvgIpc) is 2.64. The first-order chi connectivity index (χ1) is 9.91. The van der Waals surface area contributed by atoms with Gasteiger partial charge in [-0.2, -0.15) is 13.2 Å². The SMILES string of the molecule is [2H]C([2H])([2H])c1cc(C(F)(F)F)cc(N2CC(O)C(O)C2=O)n1. The third-order valence-electron chi connectivity index (χ3n) is 2.67. The van der Waals surface area contributed by atoms with Gasteiger partial charge in [0.15, 0.2) is 6.10 Å². The molecule has 5 nitrogen and oxygen atoms in total. The smallest absolute Gasteiger partial charge is 0.388 e. The predicted octanol–water partition coefficient (Wildman–Crippen LogP) is 0.477. The molecule has 0 spiro atoms. The molecule has 1 amide bonds. The van der Waals surface area contributed by atoms with E-state index in [0.717, 1.165) is 0 Å². The fourth-order valence-electron chi connectivity index (χ4n) is 1.73. The first kappa shape index (κ1) is 10.2. The zero-order valence-electron chi connectivity index (χ0n) is 12.3. The van der Waals surface area contributed by atoms with Crippen molar-refractivity contribution in [2.24, 2.45) is 0 Å². The van der Waals surface area contributed by atoms with Crippen LogP contribution in [-0.2, 0) is 11.0 Å².